The fourth-order valence-electron chi connectivity index (χ4n) is 4.04. The summed E-state index contributed by atoms with van der Waals surface area (Å²) in [5.74, 6) is -4.88. The van der Waals surface area contributed by atoms with Gasteiger partial charge in [-0.1, -0.05) is 77.4 Å². The highest BCUT2D eigenvalue weighted by atomic mass is 16.4. The van der Waals surface area contributed by atoms with Gasteiger partial charge >= 0.3 is 5.97 Å². The van der Waals surface area contributed by atoms with Crippen LogP contribution < -0.4 is 16.0 Å². The number of hydrogen-bond donors (Lipinski definition) is 4. The number of carbonyl (C=O) groups excluding carboxylic acids is 4. The van der Waals surface area contributed by atoms with E-state index in [-0.39, 0.29) is 18.8 Å². The third-order valence-corrected chi connectivity index (χ3v) is 6.29. The molecule has 0 heterocycles. The number of ketones is 1. The van der Waals surface area contributed by atoms with Gasteiger partial charge in [0.05, 0.1) is 12.0 Å². The third kappa shape index (κ3) is 10.5. The van der Waals surface area contributed by atoms with Gasteiger partial charge in [0.2, 0.25) is 17.7 Å². The molecule has 0 radical (unpaired) electrons. The van der Waals surface area contributed by atoms with E-state index in [9.17, 15) is 24.0 Å². The summed E-state index contributed by atoms with van der Waals surface area (Å²) in [6.07, 6.45) is 5.17. The van der Waals surface area contributed by atoms with Gasteiger partial charge in [-0.15, -0.1) is 0 Å². The lowest BCUT2D eigenvalue weighted by atomic mass is 9.88. The molecule has 0 bridgehead atoms. The van der Waals surface area contributed by atoms with Gasteiger partial charge in [0, 0.05) is 5.92 Å². The minimum absolute atomic E-state index is 0.0133. The number of carboxylic acids is 1. The number of carboxylic acid groups (broad SMARTS) is 1. The van der Waals surface area contributed by atoms with Gasteiger partial charge in [0.25, 0.3) is 0 Å². The van der Waals surface area contributed by atoms with Crippen LogP contribution in [0.2, 0.25) is 0 Å². The second-order valence-corrected chi connectivity index (χ2v) is 10.00. The summed E-state index contributed by atoms with van der Waals surface area (Å²) < 4.78 is 0. The number of rotatable bonds is 16. The first-order chi connectivity index (χ1) is 17.9. The van der Waals surface area contributed by atoms with Crippen molar-refractivity contribution in [2.75, 3.05) is 0 Å². The number of unbranched alkanes of at least 4 members (excludes halogenated alkanes) is 1. The van der Waals surface area contributed by atoms with Gasteiger partial charge in [-0.05, 0) is 43.7 Å². The second-order valence-electron chi connectivity index (χ2n) is 10.00. The largest absolute Gasteiger partial charge is 0.480 e. The first-order valence-corrected chi connectivity index (χ1v) is 13.3. The van der Waals surface area contributed by atoms with E-state index in [1.807, 2.05) is 58.0 Å². The van der Waals surface area contributed by atoms with Crippen molar-refractivity contribution >= 4 is 29.5 Å². The number of benzene rings is 1. The Bertz CT molecular complexity index is 976. The van der Waals surface area contributed by atoms with Crippen LogP contribution >= 0.6 is 0 Å². The maximum atomic E-state index is 13.6. The van der Waals surface area contributed by atoms with Crippen molar-refractivity contribution in [3.63, 3.8) is 0 Å². The van der Waals surface area contributed by atoms with Crippen LogP contribution in [0.25, 0.3) is 0 Å². The predicted octanol–water partition coefficient (Wildman–Crippen LogP) is 3.35. The zero-order valence-electron chi connectivity index (χ0n) is 23.3. The van der Waals surface area contributed by atoms with Crippen LogP contribution in [0.5, 0.6) is 0 Å². The standard InChI is InChI=1S/C29H43N3O6/c1-7-9-11-16-24(33)32-25(19(5)21-14-12-10-13-15-21)28(36)31-23(17-18(3)4)26(34)22(8-2)27(35)30-20(6)29(37)38/h10-16,18-20,22-23,25H,7-9,17H2,1-6H3,(H,30,35)(H,31,36)(H,32,33)(H,37,38)/b16-11+/t19-,20-,22+,23-,25-/m0/s1. The molecule has 9 heteroatoms. The summed E-state index contributed by atoms with van der Waals surface area (Å²) in [5.41, 5.74) is 0.839. The van der Waals surface area contributed by atoms with Crippen LogP contribution in [0, 0.1) is 11.8 Å². The van der Waals surface area contributed by atoms with Crippen LogP contribution in [0.4, 0.5) is 0 Å². The number of carbonyl (C=O) groups is 5. The Kier molecular flexibility index (Phi) is 14.0. The van der Waals surface area contributed by atoms with Crippen molar-refractivity contribution in [1.29, 1.82) is 0 Å². The fourth-order valence-corrected chi connectivity index (χ4v) is 4.04. The highest BCUT2D eigenvalue weighted by Crippen LogP contribution is 2.21. The zero-order chi connectivity index (χ0) is 28.8. The number of aliphatic carboxylic acids is 1. The Labute approximate surface area is 225 Å². The van der Waals surface area contributed by atoms with Crippen molar-refractivity contribution < 1.29 is 29.1 Å². The fraction of sp³-hybridized carbons (Fsp3) is 0.552. The quantitative estimate of drug-likeness (QED) is 0.191. The van der Waals surface area contributed by atoms with Crippen molar-refractivity contribution in [2.24, 2.45) is 11.8 Å². The molecule has 1 aromatic rings. The minimum atomic E-state index is -1.21. The Morgan fingerprint density at radius 2 is 1.53 bits per heavy atom. The molecule has 0 saturated heterocycles. The molecule has 0 saturated carbocycles. The molecule has 1 rings (SSSR count). The Morgan fingerprint density at radius 3 is 2.05 bits per heavy atom. The van der Waals surface area contributed by atoms with E-state index in [1.54, 1.807) is 13.0 Å². The van der Waals surface area contributed by atoms with E-state index >= 15 is 0 Å². The lowest BCUT2D eigenvalue weighted by Crippen LogP contribution is -2.55. The molecule has 0 aliphatic rings. The van der Waals surface area contributed by atoms with Crippen LogP contribution in [-0.4, -0.2) is 52.7 Å². The number of Topliss-reactive ketones (excluding diaryl/α,β-unsaturated/α-hetero) is 1. The molecule has 5 atom stereocenters. The summed E-state index contributed by atoms with van der Waals surface area (Å²) in [6, 6.07) is 6.15. The number of hydrogen-bond acceptors (Lipinski definition) is 5. The smallest absolute Gasteiger partial charge is 0.325 e. The molecular weight excluding hydrogens is 486 g/mol. The van der Waals surface area contributed by atoms with Crippen LogP contribution in [0.3, 0.4) is 0 Å². The number of nitrogens with one attached hydrogen (secondary N) is 3. The molecule has 0 aliphatic carbocycles. The normalized spacial score (nSPS) is 15.2. The predicted molar refractivity (Wildman–Crippen MR) is 146 cm³/mol. The topological polar surface area (TPSA) is 142 Å². The molecule has 4 N–H and O–H groups in total. The highest BCUT2D eigenvalue weighted by Gasteiger charge is 2.36. The molecule has 0 spiro atoms. The van der Waals surface area contributed by atoms with E-state index in [4.69, 9.17) is 5.11 Å². The first-order valence-electron chi connectivity index (χ1n) is 13.3. The maximum Gasteiger partial charge on any atom is 0.325 e. The first kappa shape index (κ1) is 32.5. The number of allylic oxidation sites excluding steroid dienone is 1. The average Bonchev–Trinajstić information content (AvgIpc) is 2.87. The van der Waals surface area contributed by atoms with Crippen molar-refractivity contribution in [2.45, 2.75) is 91.3 Å². The van der Waals surface area contributed by atoms with Crippen LogP contribution in [-0.2, 0) is 24.0 Å². The lowest BCUT2D eigenvalue weighted by Gasteiger charge is -2.29. The molecule has 1 aromatic carbocycles. The Morgan fingerprint density at radius 1 is 0.895 bits per heavy atom. The molecule has 9 nitrogen and oxygen atoms in total. The van der Waals surface area contributed by atoms with E-state index < -0.39 is 59.4 Å². The van der Waals surface area contributed by atoms with Crippen molar-refractivity contribution in [3.8, 4) is 0 Å². The van der Waals surface area contributed by atoms with Crippen LogP contribution in [0.15, 0.2) is 42.5 Å². The number of amides is 3. The summed E-state index contributed by atoms with van der Waals surface area (Å²) in [6.45, 7) is 10.6. The molecule has 0 unspecified atom stereocenters. The average molecular weight is 530 g/mol. The Hall–Kier alpha value is -3.49. The van der Waals surface area contributed by atoms with Gasteiger partial charge in [-0.2, -0.15) is 0 Å². The molecule has 0 fully saturated rings. The van der Waals surface area contributed by atoms with Gasteiger partial charge in [0.1, 0.15) is 12.1 Å². The van der Waals surface area contributed by atoms with Gasteiger partial charge in [-0.25, -0.2) is 0 Å². The van der Waals surface area contributed by atoms with E-state index in [1.165, 1.54) is 13.0 Å². The maximum absolute atomic E-state index is 13.6. The molecule has 3 amide bonds. The van der Waals surface area contributed by atoms with Crippen molar-refractivity contribution in [3.05, 3.63) is 48.0 Å². The van der Waals surface area contributed by atoms with Gasteiger partial charge in [-0.3, -0.25) is 24.0 Å². The molecular formula is C29H43N3O6. The highest BCUT2D eigenvalue weighted by molar-refractivity contribution is 6.06. The van der Waals surface area contributed by atoms with Gasteiger partial charge < -0.3 is 21.1 Å². The monoisotopic (exact) mass is 529 g/mol. The molecule has 0 aliphatic heterocycles. The SMILES string of the molecule is CCC/C=C/C(=O)N[C@H](C(=O)N[C@@H](CC(C)C)C(=O)[C@@H](CC)C(=O)N[C@@H](C)C(=O)O)[C@@H](C)c1ccccc1. The second kappa shape index (κ2) is 16.4. The summed E-state index contributed by atoms with van der Waals surface area (Å²) in [7, 11) is 0. The van der Waals surface area contributed by atoms with E-state index in [0.29, 0.717) is 0 Å². The molecule has 210 valence electrons. The molecule has 38 heavy (non-hydrogen) atoms. The van der Waals surface area contributed by atoms with Crippen LogP contribution in [0.1, 0.15) is 78.7 Å². The summed E-state index contributed by atoms with van der Waals surface area (Å²) in [4.78, 5) is 63.6. The molecule has 0 aromatic heterocycles. The third-order valence-electron chi connectivity index (χ3n) is 6.29. The van der Waals surface area contributed by atoms with Gasteiger partial charge in [0.15, 0.2) is 5.78 Å². The zero-order valence-corrected chi connectivity index (χ0v) is 23.3. The van der Waals surface area contributed by atoms with E-state index in [2.05, 4.69) is 16.0 Å². The Balaban J connectivity index is 3.24. The minimum Gasteiger partial charge on any atom is -0.480 e. The lowest BCUT2D eigenvalue weighted by molar-refractivity contribution is -0.144. The summed E-state index contributed by atoms with van der Waals surface area (Å²) >= 11 is 0. The van der Waals surface area contributed by atoms with Crippen molar-refractivity contribution in [1.82, 2.24) is 16.0 Å². The summed E-state index contributed by atoms with van der Waals surface area (Å²) in [5, 5.41) is 17.0. The van der Waals surface area contributed by atoms with E-state index in [0.717, 1.165) is 18.4 Å².